The number of hydrogen-bond donors (Lipinski definition) is 1. The van der Waals surface area contributed by atoms with Crippen LogP contribution in [0.4, 0.5) is 31.1 Å². The SMILES string of the molecule is O=C(OCc1cc(C(F)(F)F)cc(C(F)(F)F)c1)N1CCCn2nc(C3CCNCC3)cc2C1. The van der Waals surface area contributed by atoms with Crippen molar-refractivity contribution in [3.8, 4) is 0 Å². The highest BCUT2D eigenvalue weighted by Gasteiger charge is 2.37. The summed E-state index contributed by atoms with van der Waals surface area (Å²) in [5.74, 6) is 0.338. The summed E-state index contributed by atoms with van der Waals surface area (Å²) in [7, 11) is 0. The van der Waals surface area contributed by atoms with Gasteiger partial charge in [0.05, 0.1) is 29.1 Å². The van der Waals surface area contributed by atoms with Crippen LogP contribution < -0.4 is 5.32 Å². The molecule has 1 amide bonds. The summed E-state index contributed by atoms with van der Waals surface area (Å²) in [6.45, 7) is 2.26. The Labute approximate surface area is 191 Å². The van der Waals surface area contributed by atoms with Gasteiger partial charge in [0.25, 0.3) is 0 Å². The predicted octanol–water partition coefficient (Wildman–Crippen LogP) is 4.93. The van der Waals surface area contributed by atoms with E-state index in [1.807, 2.05) is 10.7 Å². The second-order valence-corrected chi connectivity index (χ2v) is 8.55. The fraction of sp³-hybridized carbons (Fsp3) is 0.545. The van der Waals surface area contributed by atoms with Crippen molar-refractivity contribution in [3.05, 3.63) is 52.3 Å². The summed E-state index contributed by atoms with van der Waals surface area (Å²) >= 11 is 0. The number of benzene rings is 1. The van der Waals surface area contributed by atoms with Crippen LogP contribution in [-0.2, 0) is 36.8 Å². The minimum Gasteiger partial charge on any atom is -0.445 e. The molecule has 6 nitrogen and oxygen atoms in total. The molecule has 186 valence electrons. The van der Waals surface area contributed by atoms with E-state index in [2.05, 4.69) is 10.4 Å². The molecule has 1 aromatic heterocycles. The number of rotatable bonds is 3. The zero-order valence-electron chi connectivity index (χ0n) is 18.2. The summed E-state index contributed by atoms with van der Waals surface area (Å²) in [6.07, 6.45) is -8.19. The Morgan fingerprint density at radius 3 is 2.26 bits per heavy atom. The first-order valence-electron chi connectivity index (χ1n) is 11.0. The van der Waals surface area contributed by atoms with E-state index >= 15 is 0 Å². The smallest absolute Gasteiger partial charge is 0.416 e. The van der Waals surface area contributed by atoms with Crippen LogP contribution >= 0.6 is 0 Å². The van der Waals surface area contributed by atoms with Gasteiger partial charge in [0.15, 0.2) is 0 Å². The third kappa shape index (κ3) is 5.65. The first kappa shape index (κ1) is 24.4. The zero-order valence-corrected chi connectivity index (χ0v) is 18.2. The molecule has 1 N–H and O–H groups in total. The Balaban J connectivity index is 1.45. The molecule has 0 bridgehead atoms. The van der Waals surface area contributed by atoms with Gasteiger partial charge in [0.1, 0.15) is 6.61 Å². The van der Waals surface area contributed by atoms with Crippen LogP contribution in [0, 0.1) is 0 Å². The lowest BCUT2D eigenvalue weighted by molar-refractivity contribution is -0.143. The van der Waals surface area contributed by atoms with Gasteiger partial charge in [-0.05, 0) is 62.2 Å². The zero-order chi connectivity index (χ0) is 24.5. The predicted molar refractivity (Wildman–Crippen MR) is 109 cm³/mol. The van der Waals surface area contributed by atoms with Crippen LogP contribution in [0.25, 0.3) is 0 Å². The normalized spacial score (nSPS) is 17.9. The molecule has 12 heteroatoms. The molecule has 34 heavy (non-hydrogen) atoms. The molecule has 0 radical (unpaired) electrons. The molecule has 4 rings (SSSR count). The molecule has 0 unspecified atom stereocenters. The molecular weight excluding hydrogens is 466 g/mol. The van der Waals surface area contributed by atoms with Gasteiger partial charge in [-0.2, -0.15) is 31.4 Å². The fourth-order valence-electron chi connectivity index (χ4n) is 4.30. The second-order valence-electron chi connectivity index (χ2n) is 8.55. The molecule has 2 aromatic rings. The van der Waals surface area contributed by atoms with Gasteiger partial charge in [0.2, 0.25) is 0 Å². The third-order valence-corrected chi connectivity index (χ3v) is 6.06. The average molecular weight is 490 g/mol. The maximum absolute atomic E-state index is 13.1. The molecule has 1 aromatic carbocycles. The minimum atomic E-state index is -4.96. The number of carbonyl (C=O) groups is 1. The monoisotopic (exact) mass is 490 g/mol. The summed E-state index contributed by atoms with van der Waals surface area (Å²) in [6, 6.07) is 3.13. The lowest BCUT2D eigenvalue weighted by Gasteiger charge is -2.21. The Morgan fingerprint density at radius 1 is 1.00 bits per heavy atom. The molecule has 2 aliphatic rings. The van der Waals surface area contributed by atoms with Crippen molar-refractivity contribution in [2.24, 2.45) is 0 Å². The maximum Gasteiger partial charge on any atom is 0.416 e. The number of ether oxygens (including phenoxy) is 1. The number of aromatic nitrogens is 2. The number of hydrogen-bond acceptors (Lipinski definition) is 4. The average Bonchev–Trinajstić information content (AvgIpc) is 3.08. The van der Waals surface area contributed by atoms with Gasteiger partial charge in [-0.1, -0.05) is 0 Å². The summed E-state index contributed by atoms with van der Waals surface area (Å²) in [5.41, 5.74) is -1.49. The van der Waals surface area contributed by atoms with Crippen LogP contribution in [0.1, 0.15) is 53.3 Å². The lowest BCUT2D eigenvalue weighted by Crippen LogP contribution is -2.31. The Hall–Kier alpha value is -2.76. The van der Waals surface area contributed by atoms with E-state index in [0.717, 1.165) is 37.3 Å². The highest BCUT2D eigenvalue weighted by Crippen LogP contribution is 2.36. The molecule has 1 fully saturated rings. The van der Waals surface area contributed by atoms with Crippen molar-refractivity contribution >= 4 is 6.09 Å². The molecule has 0 spiro atoms. The topological polar surface area (TPSA) is 59.4 Å². The summed E-state index contributed by atoms with van der Waals surface area (Å²) in [4.78, 5) is 14.0. The molecule has 0 saturated carbocycles. The van der Waals surface area contributed by atoms with Crippen molar-refractivity contribution in [3.63, 3.8) is 0 Å². The van der Waals surface area contributed by atoms with Gasteiger partial charge >= 0.3 is 18.4 Å². The van der Waals surface area contributed by atoms with Gasteiger partial charge in [-0.3, -0.25) is 4.68 Å². The molecule has 2 aliphatic heterocycles. The quantitative estimate of drug-likeness (QED) is 0.620. The molecule has 0 atom stereocenters. The summed E-state index contributed by atoms with van der Waals surface area (Å²) < 4.78 is 85.3. The Morgan fingerprint density at radius 2 is 1.65 bits per heavy atom. The fourth-order valence-corrected chi connectivity index (χ4v) is 4.30. The molecular formula is C22H24F6N4O2. The van der Waals surface area contributed by atoms with E-state index in [4.69, 9.17) is 4.74 Å². The van der Waals surface area contributed by atoms with Gasteiger partial charge in [-0.15, -0.1) is 0 Å². The van der Waals surface area contributed by atoms with E-state index < -0.39 is 36.2 Å². The van der Waals surface area contributed by atoms with Crippen LogP contribution in [0.5, 0.6) is 0 Å². The Kier molecular flexibility index (Phi) is 6.79. The highest BCUT2D eigenvalue weighted by molar-refractivity contribution is 5.67. The van der Waals surface area contributed by atoms with E-state index in [0.29, 0.717) is 37.6 Å². The van der Waals surface area contributed by atoms with Crippen LogP contribution in [0.2, 0.25) is 0 Å². The number of piperidine rings is 1. The van der Waals surface area contributed by atoms with Gasteiger partial charge in [-0.25, -0.2) is 4.79 Å². The standard InChI is InChI=1S/C22H24F6N4O2/c23-21(24,25)16-8-14(9-17(10-16)22(26,27)28)13-34-20(33)31-6-1-7-32-18(12-31)11-19(30-32)15-2-4-29-5-3-15/h8-11,15,29H,1-7,12-13H2. The third-order valence-electron chi connectivity index (χ3n) is 6.06. The van der Waals surface area contributed by atoms with E-state index in [9.17, 15) is 31.1 Å². The number of alkyl halides is 6. The van der Waals surface area contributed by atoms with Crippen molar-refractivity contribution in [2.45, 2.75) is 57.2 Å². The minimum absolute atomic E-state index is 0.0429. The van der Waals surface area contributed by atoms with E-state index in [1.54, 1.807) is 0 Å². The number of aryl methyl sites for hydroxylation is 1. The largest absolute Gasteiger partial charge is 0.445 e. The number of carbonyl (C=O) groups excluding carboxylic acids is 1. The first-order chi connectivity index (χ1) is 16.0. The van der Waals surface area contributed by atoms with Crippen molar-refractivity contribution < 1.29 is 35.9 Å². The number of halogens is 6. The molecule has 1 saturated heterocycles. The van der Waals surface area contributed by atoms with Crippen molar-refractivity contribution in [1.29, 1.82) is 0 Å². The van der Waals surface area contributed by atoms with E-state index in [1.165, 1.54) is 4.90 Å². The first-order valence-corrected chi connectivity index (χ1v) is 11.0. The highest BCUT2D eigenvalue weighted by atomic mass is 19.4. The van der Waals surface area contributed by atoms with E-state index in [-0.39, 0.29) is 18.2 Å². The lowest BCUT2D eigenvalue weighted by atomic mass is 9.94. The van der Waals surface area contributed by atoms with Gasteiger partial charge in [0, 0.05) is 19.0 Å². The van der Waals surface area contributed by atoms with Crippen LogP contribution in [0.15, 0.2) is 24.3 Å². The number of nitrogens with one attached hydrogen (secondary N) is 1. The maximum atomic E-state index is 13.1. The van der Waals surface area contributed by atoms with Crippen LogP contribution in [-0.4, -0.2) is 40.4 Å². The van der Waals surface area contributed by atoms with Crippen molar-refractivity contribution in [2.75, 3.05) is 19.6 Å². The van der Waals surface area contributed by atoms with Gasteiger partial charge < -0.3 is 15.0 Å². The number of amides is 1. The number of nitrogens with zero attached hydrogens (tertiary/aromatic N) is 3. The number of fused-ring (bicyclic) bond motifs is 1. The second kappa shape index (κ2) is 9.47. The molecule has 0 aliphatic carbocycles. The van der Waals surface area contributed by atoms with Crippen LogP contribution in [0.3, 0.4) is 0 Å². The van der Waals surface area contributed by atoms with Crippen molar-refractivity contribution in [1.82, 2.24) is 20.0 Å². The molecule has 3 heterocycles. The Bertz CT molecular complexity index is 995. The summed E-state index contributed by atoms with van der Waals surface area (Å²) in [5, 5.41) is 7.98.